The molecule has 0 aromatic rings. The van der Waals surface area contributed by atoms with Crippen LogP contribution in [0.25, 0.3) is 0 Å². The van der Waals surface area contributed by atoms with Crippen LogP contribution in [0.2, 0.25) is 0 Å². The molecule has 1 atom stereocenters. The van der Waals surface area contributed by atoms with Gasteiger partial charge in [-0.15, -0.1) is 0 Å². The van der Waals surface area contributed by atoms with Gasteiger partial charge in [0.2, 0.25) is 5.91 Å². The minimum Gasteiger partial charge on any atom is -0.467 e. The maximum absolute atomic E-state index is 11.8. The van der Waals surface area contributed by atoms with Gasteiger partial charge in [-0.2, -0.15) is 0 Å². The van der Waals surface area contributed by atoms with Gasteiger partial charge >= 0.3 is 5.97 Å². The second-order valence-corrected chi connectivity index (χ2v) is 3.61. The zero-order valence-corrected chi connectivity index (χ0v) is 10.5. The molecule has 0 aromatic heterocycles. The molecule has 0 saturated heterocycles. The minimum absolute atomic E-state index is 0.179. The fourth-order valence-electron chi connectivity index (χ4n) is 1.35. The van der Waals surface area contributed by atoms with E-state index in [1.54, 1.807) is 6.92 Å². The molecular weight excluding hydrogens is 206 g/mol. The first kappa shape index (κ1) is 14.7. The largest absolute Gasteiger partial charge is 0.467 e. The third-order valence-corrected chi connectivity index (χ3v) is 2.16. The van der Waals surface area contributed by atoms with E-state index < -0.39 is 12.0 Å². The molecule has 0 aromatic carbocycles. The zero-order valence-electron chi connectivity index (χ0n) is 10.5. The number of hydrogen-bond acceptors (Lipinski definition) is 3. The van der Waals surface area contributed by atoms with Crippen LogP contribution in [0.15, 0.2) is 11.6 Å². The Bertz CT molecular complexity index is 271. The number of ether oxygens (including phenoxy) is 1. The summed E-state index contributed by atoms with van der Waals surface area (Å²) in [4.78, 5) is 22.9. The van der Waals surface area contributed by atoms with E-state index in [4.69, 9.17) is 0 Å². The van der Waals surface area contributed by atoms with Crippen molar-refractivity contribution in [2.45, 2.75) is 46.1 Å². The molecule has 1 amide bonds. The van der Waals surface area contributed by atoms with E-state index in [1.165, 1.54) is 7.11 Å². The molecular formula is C12H21NO3. The summed E-state index contributed by atoms with van der Waals surface area (Å²) < 4.78 is 4.54. The van der Waals surface area contributed by atoms with Crippen molar-refractivity contribution >= 4 is 11.9 Å². The quantitative estimate of drug-likeness (QED) is 0.556. The molecule has 0 spiro atoms. The summed E-state index contributed by atoms with van der Waals surface area (Å²) in [5, 5.41) is 2.62. The second kappa shape index (κ2) is 7.91. The number of carbonyl (C=O) groups excluding carboxylic acids is 2. The standard InChI is InChI=1S/C12H21NO3/c1-5-7-10(8-6-2)11(14)13-9(3)12(15)16-4/h7,9H,5-6,8H2,1-4H3,(H,13,14)/t9-/m0/s1. The fraction of sp³-hybridized carbons (Fsp3) is 0.667. The van der Waals surface area contributed by atoms with E-state index in [9.17, 15) is 9.59 Å². The first-order valence-corrected chi connectivity index (χ1v) is 5.64. The summed E-state index contributed by atoms with van der Waals surface area (Å²) >= 11 is 0. The molecule has 1 N–H and O–H groups in total. The number of carbonyl (C=O) groups is 2. The molecule has 0 saturated carbocycles. The highest BCUT2D eigenvalue weighted by Crippen LogP contribution is 2.06. The highest BCUT2D eigenvalue weighted by molar-refractivity contribution is 5.95. The molecule has 0 unspecified atom stereocenters. The normalized spacial score (nSPS) is 13.1. The third-order valence-electron chi connectivity index (χ3n) is 2.16. The third kappa shape index (κ3) is 4.96. The molecule has 0 radical (unpaired) electrons. The average Bonchev–Trinajstić information content (AvgIpc) is 2.27. The van der Waals surface area contributed by atoms with Gasteiger partial charge < -0.3 is 10.1 Å². The number of rotatable bonds is 6. The van der Waals surface area contributed by atoms with Crippen molar-refractivity contribution in [2.75, 3.05) is 7.11 Å². The average molecular weight is 227 g/mol. The van der Waals surface area contributed by atoms with E-state index in [1.807, 2.05) is 19.9 Å². The van der Waals surface area contributed by atoms with Crippen molar-refractivity contribution in [3.8, 4) is 0 Å². The van der Waals surface area contributed by atoms with E-state index >= 15 is 0 Å². The molecule has 0 bridgehead atoms. The van der Waals surface area contributed by atoms with Gasteiger partial charge in [0, 0.05) is 5.57 Å². The number of amides is 1. The molecule has 0 aliphatic carbocycles. The SMILES string of the molecule is CCC=C(CCC)C(=O)N[C@@H](C)C(=O)OC. The van der Waals surface area contributed by atoms with Crippen LogP contribution < -0.4 is 5.32 Å². The molecule has 0 rings (SSSR count). The van der Waals surface area contributed by atoms with Crippen LogP contribution in [0.5, 0.6) is 0 Å². The highest BCUT2D eigenvalue weighted by Gasteiger charge is 2.17. The maximum atomic E-state index is 11.8. The van der Waals surface area contributed by atoms with Crippen LogP contribution >= 0.6 is 0 Å². The van der Waals surface area contributed by atoms with Crippen molar-refractivity contribution in [2.24, 2.45) is 0 Å². The Morgan fingerprint density at radius 2 is 2.00 bits per heavy atom. The highest BCUT2D eigenvalue weighted by atomic mass is 16.5. The monoisotopic (exact) mass is 227 g/mol. The van der Waals surface area contributed by atoms with Crippen molar-refractivity contribution in [3.05, 3.63) is 11.6 Å². The van der Waals surface area contributed by atoms with Gasteiger partial charge in [-0.25, -0.2) is 4.79 Å². The molecule has 4 heteroatoms. The summed E-state index contributed by atoms with van der Waals surface area (Å²) in [6, 6.07) is -0.602. The van der Waals surface area contributed by atoms with Crippen LogP contribution in [0, 0.1) is 0 Å². The van der Waals surface area contributed by atoms with Crippen LogP contribution in [-0.2, 0) is 14.3 Å². The first-order valence-electron chi connectivity index (χ1n) is 5.64. The van der Waals surface area contributed by atoms with E-state index in [-0.39, 0.29) is 5.91 Å². The predicted molar refractivity (Wildman–Crippen MR) is 62.9 cm³/mol. The van der Waals surface area contributed by atoms with Gasteiger partial charge in [0.1, 0.15) is 6.04 Å². The lowest BCUT2D eigenvalue weighted by Gasteiger charge is -2.13. The van der Waals surface area contributed by atoms with Crippen molar-refractivity contribution in [1.82, 2.24) is 5.32 Å². The lowest BCUT2D eigenvalue weighted by atomic mass is 10.1. The van der Waals surface area contributed by atoms with Crippen LogP contribution in [-0.4, -0.2) is 25.0 Å². The molecule has 92 valence electrons. The Balaban J connectivity index is 4.41. The van der Waals surface area contributed by atoms with E-state index in [0.717, 1.165) is 24.8 Å². The summed E-state index contributed by atoms with van der Waals surface area (Å²) in [6.07, 6.45) is 4.34. The Kier molecular flexibility index (Phi) is 7.25. The number of hydrogen-bond donors (Lipinski definition) is 1. The molecule has 0 aliphatic rings. The topological polar surface area (TPSA) is 55.4 Å². The van der Waals surface area contributed by atoms with E-state index in [0.29, 0.717) is 0 Å². The minimum atomic E-state index is -0.602. The molecule has 0 fully saturated rings. The molecule has 0 heterocycles. The number of methoxy groups -OCH3 is 1. The van der Waals surface area contributed by atoms with Gasteiger partial charge in [-0.05, 0) is 19.8 Å². The summed E-state index contributed by atoms with van der Waals surface area (Å²) in [6.45, 7) is 5.60. The smallest absolute Gasteiger partial charge is 0.328 e. The second-order valence-electron chi connectivity index (χ2n) is 3.61. The Morgan fingerprint density at radius 1 is 1.38 bits per heavy atom. The number of allylic oxidation sites excluding steroid dienone is 1. The van der Waals surface area contributed by atoms with E-state index in [2.05, 4.69) is 10.1 Å². The van der Waals surface area contributed by atoms with Crippen molar-refractivity contribution in [3.63, 3.8) is 0 Å². The van der Waals surface area contributed by atoms with Crippen LogP contribution in [0.1, 0.15) is 40.0 Å². The van der Waals surface area contributed by atoms with Crippen molar-refractivity contribution in [1.29, 1.82) is 0 Å². The Morgan fingerprint density at radius 3 is 2.44 bits per heavy atom. The summed E-state index contributed by atoms with van der Waals surface area (Å²) in [7, 11) is 1.31. The lowest BCUT2D eigenvalue weighted by molar-refractivity contribution is -0.144. The van der Waals surface area contributed by atoms with Crippen LogP contribution in [0.3, 0.4) is 0 Å². The Hall–Kier alpha value is -1.32. The molecule has 4 nitrogen and oxygen atoms in total. The van der Waals surface area contributed by atoms with Crippen molar-refractivity contribution < 1.29 is 14.3 Å². The zero-order chi connectivity index (χ0) is 12.6. The summed E-state index contributed by atoms with van der Waals surface area (Å²) in [5.41, 5.74) is 0.737. The molecule has 0 aliphatic heterocycles. The first-order chi connectivity index (χ1) is 7.56. The predicted octanol–water partition coefficient (Wildman–Crippen LogP) is 1.80. The van der Waals surface area contributed by atoms with Gasteiger partial charge in [0.15, 0.2) is 0 Å². The lowest BCUT2D eigenvalue weighted by Crippen LogP contribution is -2.39. The number of esters is 1. The molecule has 16 heavy (non-hydrogen) atoms. The van der Waals surface area contributed by atoms with Gasteiger partial charge in [0.05, 0.1) is 7.11 Å². The fourth-order valence-corrected chi connectivity index (χ4v) is 1.35. The maximum Gasteiger partial charge on any atom is 0.328 e. The summed E-state index contributed by atoms with van der Waals surface area (Å²) in [5.74, 6) is -0.609. The van der Waals surface area contributed by atoms with Crippen LogP contribution in [0.4, 0.5) is 0 Å². The van der Waals surface area contributed by atoms with Gasteiger partial charge in [0.25, 0.3) is 0 Å². The Labute approximate surface area is 97.1 Å². The van der Waals surface area contributed by atoms with Gasteiger partial charge in [-0.3, -0.25) is 4.79 Å². The number of nitrogens with one attached hydrogen (secondary N) is 1. The van der Waals surface area contributed by atoms with Gasteiger partial charge in [-0.1, -0.05) is 26.3 Å².